The fraction of sp³-hybridized carbons (Fsp3) is 0.591. The van der Waals surface area contributed by atoms with Gasteiger partial charge in [-0.25, -0.2) is 4.39 Å². The molecule has 0 saturated carbocycles. The van der Waals surface area contributed by atoms with Gasteiger partial charge in [0.2, 0.25) is 5.89 Å². The molecule has 30 heavy (non-hydrogen) atoms. The molecule has 0 unspecified atom stereocenters. The molecule has 1 aromatic heterocycles. The highest BCUT2D eigenvalue weighted by Gasteiger charge is 2.58. The van der Waals surface area contributed by atoms with E-state index in [1.807, 2.05) is 11.8 Å². The molecule has 0 bridgehead atoms. The maximum Gasteiger partial charge on any atom is 0.254 e. The SMILES string of the molecule is Cc1noc([C@]23CN(C(=O)c4ccc(C)c(F)c4)C[C@H]2CN(C2CCOCC2)C3)n1. The van der Waals surface area contributed by atoms with E-state index in [-0.39, 0.29) is 23.1 Å². The third-order valence-electron chi connectivity index (χ3n) is 7.00. The summed E-state index contributed by atoms with van der Waals surface area (Å²) >= 11 is 0. The van der Waals surface area contributed by atoms with Gasteiger partial charge in [-0.05, 0) is 44.4 Å². The van der Waals surface area contributed by atoms with Crippen molar-refractivity contribution < 1.29 is 18.4 Å². The fourth-order valence-corrected chi connectivity index (χ4v) is 5.30. The number of benzene rings is 1. The number of carbonyl (C=O) groups excluding carboxylic acids is 1. The molecule has 2 aromatic rings. The smallest absolute Gasteiger partial charge is 0.254 e. The molecular formula is C22H27FN4O3. The van der Waals surface area contributed by atoms with Crippen molar-refractivity contribution in [2.75, 3.05) is 39.4 Å². The molecule has 3 fully saturated rings. The Morgan fingerprint density at radius 2 is 2.00 bits per heavy atom. The molecule has 3 saturated heterocycles. The summed E-state index contributed by atoms with van der Waals surface area (Å²) in [5.41, 5.74) is 0.546. The highest BCUT2D eigenvalue weighted by Crippen LogP contribution is 2.46. The third kappa shape index (κ3) is 3.22. The zero-order valence-electron chi connectivity index (χ0n) is 17.4. The second-order valence-corrected chi connectivity index (χ2v) is 8.92. The van der Waals surface area contributed by atoms with Gasteiger partial charge in [-0.2, -0.15) is 4.98 Å². The molecule has 5 rings (SSSR count). The summed E-state index contributed by atoms with van der Waals surface area (Å²) in [4.78, 5) is 22.1. The maximum atomic E-state index is 14.0. The summed E-state index contributed by atoms with van der Waals surface area (Å²) in [5, 5.41) is 4.03. The largest absolute Gasteiger partial charge is 0.381 e. The Hall–Kier alpha value is -2.32. The zero-order valence-corrected chi connectivity index (χ0v) is 17.4. The summed E-state index contributed by atoms with van der Waals surface area (Å²) in [6.07, 6.45) is 2.05. The van der Waals surface area contributed by atoms with Crippen molar-refractivity contribution in [2.24, 2.45) is 5.92 Å². The molecule has 3 aliphatic heterocycles. The number of carbonyl (C=O) groups is 1. The molecular weight excluding hydrogens is 387 g/mol. The molecule has 0 spiro atoms. The average Bonchev–Trinajstić information content (AvgIpc) is 3.43. The van der Waals surface area contributed by atoms with Crippen LogP contribution in [-0.4, -0.2) is 71.3 Å². The lowest BCUT2D eigenvalue weighted by Gasteiger charge is -2.33. The highest BCUT2D eigenvalue weighted by atomic mass is 19.1. The molecule has 160 valence electrons. The van der Waals surface area contributed by atoms with Crippen molar-refractivity contribution in [2.45, 2.75) is 38.1 Å². The Labute approximate surface area is 175 Å². The van der Waals surface area contributed by atoms with Crippen LogP contribution < -0.4 is 0 Å². The Morgan fingerprint density at radius 1 is 1.20 bits per heavy atom. The van der Waals surface area contributed by atoms with E-state index in [0.29, 0.717) is 42.0 Å². The lowest BCUT2D eigenvalue weighted by atomic mass is 9.81. The number of aromatic nitrogens is 2. The summed E-state index contributed by atoms with van der Waals surface area (Å²) in [6.45, 7) is 7.89. The molecule has 0 radical (unpaired) electrons. The lowest BCUT2D eigenvalue weighted by Crippen LogP contribution is -2.44. The van der Waals surface area contributed by atoms with Gasteiger partial charge in [0.25, 0.3) is 5.91 Å². The van der Waals surface area contributed by atoms with E-state index in [9.17, 15) is 9.18 Å². The number of nitrogens with zero attached hydrogens (tertiary/aromatic N) is 4. The Bertz CT molecular complexity index is 958. The molecule has 2 atom stereocenters. The first-order chi connectivity index (χ1) is 14.5. The quantitative estimate of drug-likeness (QED) is 0.768. The molecule has 1 amide bonds. The van der Waals surface area contributed by atoms with Crippen LogP contribution in [0.1, 0.15) is 40.5 Å². The van der Waals surface area contributed by atoms with E-state index >= 15 is 0 Å². The van der Waals surface area contributed by atoms with Crippen molar-refractivity contribution in [3.63, 3.8) is 0 Å². The summed E-state index contributed by atoms with van der Waals surface area (Å²) < 4.78 is 25.2. The number of halogens is 1. The van der Waals surface area contributed by atoms with Gasteiger partial charge >= 0.3 is 0 Å². The minimum Gasteiger partial charge on any atom is -0.381 e. The van der Waals surface area contributed by atoms with Crippen LogP contribution in [0.4, 0.5) is 4.39 Å². The van der Waals surface area contributed by atoms with Gasteiger partial charge in [-0.3, -0.25) is 9.69 Å². The second-order valence-electron chi connectivity index (χ2n) is 8.92. The topological polar surface area (TPSA) is 71.7 Å². The minimum atomic E-state index is -0.377. The second kappa shape index (κ2) is 7.42. The molecule has 4 heterocycles. The van der Waals surface area contributed by atoms with Crippen LogP contribution in [0.25, 0.3) is 0 Å². The molecule has 8 heteroatoms. The first kappa shape index (κ1) is 19.6. The van der Waals surface area contributed by atoms with Crippen LogP contribution in [0.5, 0.6) is 0 Å². The van der Waals surface area contributed by atoms with E-state index < -0.39 is 0 Å². The Balaban J connectivity index is 1.42. The van der Waals surface area contributed by atoms with Gasteiger partial charge in [-0.15, -0.1) is 0 Å². The number of aryl methyl sites for hydroxylation is 2. The predicted molar refractivity (Wildman–Crippen MR) is 107 cm³/mol. The van der Waals surface area contributed by atoms with Crippen molar-refractivity contribution >= 4 is 5.91 Å². The van der Waals surface area contributed by atoms with Crippen LogP contribution in [0, 0.1) is 25.6 Å². The first-order valence-electron chi connectivity index (χ1n) is 10.6. The maximum absolute atomic E-state index is 14.0. The van der Waals surface area contributed by atoms with Gasteiger partial charge < -0.3 is 14.2 Å². The summed E-state index contributed by atoms with van der Waals surface area (Å²) in [6, 6.07) is 5.18. The number of rotatable bonds is 3. The first-order valence-corrected chi connectivity index (χ1v) is 10.6. The predicted octanol–water partition coefficient (Wildman–Crippen LogP) is 2.33. The summed E-state index contributed by atoms with van der Waals surface area (Å²) in [5.74, 6) is 0.933. The van der Waals surface area contributed by atoms with E-state index in [4.69, 9.17) is 9.26 Å². The van der Waals surface area contributed by atoms with Crippen molar-refractivity contribution in [3.05, 3.63) is 46.9 Å². The van der Waals surface area contributed by atoms with Gasteiger partial charge in [0.05, 0.1) is 5.41 Å². The molecule has 3 aliphatic rings. The van der Waals surface area contributed by atoms with Gasteiger partial charge in [0, 0.05) is 56.9 Å². The zero-order chi connectivity index (χ0) is 20.9. The van der Waals surface area contributed by atoms with E-state index in [0.717, 1.165) is 39.1 Å². The normalized spacial score (nSPS) is 27.6. The van der Waals surface area contributed by atoms with Crippen LogP contribution in [0.3, 0.4) is 0 Å². The minimum absolute atomic E-state index is 0.142. The number of hydrogen-bond donors (Lipinski definition) is 0. The monoisotopic (exact) mass is 414 g/mol. The fourth-order valence-electron chi connectivity index (χ4n) is 5.30. The molecule has 0 aliphatic carbocycles. The van der Waals surface area contributed by atoms with E-state index in [1.54, 1.807) is 19.1 Å². The molecule has 7 nitrogen and oxygen atoms in total. The summed E-state index contributed by atoms with van der Waals surface area (Å²) in [7, 11) is 0. The van der Waals surface area contributed by atoms with Crippen LogP contribution >= 0.6 is 0 Å². The van der Waals surface area contributed by atoms with Crippen molar-refractivity contribution in [1.29, 1.82) is 0 Å². The van der Waals surface area contributed by atoms with Crippen molar-refractivity contribution in [1.82, 2.24) is 19.9 Å². The van der Waals surface area contributed by atoms with Crippen LogP contribution in [-0.2, 0) is 10.2 Å². The third-order valence-corrected chi connectivity index (χ3v) is 7.00. The number of hydrogen-bond acceptors (Lipinski definition) is 6. The lowest BCUT2D eigenvalue weighted by molar-refractivity contribution is 0.0369. The standard InChI is InChI=1S/C22H27FN4O3/c1-14-3-4-16(9-19(14)23)20(28)27-11-17-10-26(18-5-7-29-8-6-18)12-22(17,13-27)21-24-15(2)25-30-21/h3-4,9,17-18H,5-8,10-13H2,1-2H3/t17-,22-/m1/s1. The molecule has 1 aromatic carbocycles. The Kier molecular flexibility index (Phi) is 4.86. The van der Waals surface area contributed by atoms with Gasteiger partial charge in [0.1, 0.15) is 5.82 Å². The van der Waals surface area contributed by atoms with E-state index in [2.05, 4.69) is 15.0 Å². The number of fused-ring (bicyclic) bond motifs is 1. The number of amides is 1. The van der Waals surface area contributed by atoms with Crippen LogP contribution in [0.2, 0.25) is 0 Å². The number of ether oxygens (including phenoxy) is 1. The van der Waals surface area contributed by atoms with Gasteiger partial charge in [0.15, 0.2) is 5.82 Å². The van der Waals surface area contributed by atoms with Crippen molar-refractivity contribution in [3.8, 4) is 0 Å². The number of likely N-dealkylation sites (tertiary alicyclic amines) is 2. The van der Waals surface area contributed by atoms with E-state index in [1.165, 1.54) is 6.07 Å². The average molecular weight is 414 g/mol. The van der Waals surface area contributed by atoms with Crippen LogP contribution in [0.15, 0.2) is 22.7 Å². The Morgan fingerprint density at radius 3 is 2.70 bits per heavy atom. The molecule has 0 N–H and O–H groups in total. The highest BCUT2D eigenvalue weighted by molar-refractivity contribution is 5.94. The van der Waals surface area contributed by atoms with Gasteiger partial charge in [-0.1, -0.05) is 11.2 Å².